The highest BCUT2D eigenvalue weighted by Gasteiger charge is 2.39. The van der Waals surface area contributed by atoms with Gasteiger partial charge in [-0.2, -0.15) is 4.31 Å². The third kappa shape index (κ3) is 3.26. The summed E-state index contributed by atoms with van der Waals surface area (Å²) in [5.74, 6) is 0.652. The second-order valence-corrected chi connectivity index (χ2v) is 8.56. The van der Waals surface area contributed by atoms with Crippen molar-refractivity contribution >= 4 is 41.9 Å². The first-order valence-corrected chi connectivity index (χ1v) is 9.50. The van der Waals surface area contributed by atoms with Crippen molar-refractivity contribution in [1.82, 2.24) is 4.31 Å². The summed E-state index contributed by atoms with van der Waals surface area (Å²) in [5, 5.41) is 0. The molecule has 21 heavy (non-hydrogen) atoms. The zero-order chi connectivity index (χ0) is 15.0. The van der Waals surface area contributed by atoms with Crippen molar-refractivity contribution < 1.29 is 12.8 Å². The molecule has 0 radical (unpaired) electrons. The summed E-state index contributed by atoms with van der Waals surface area (Å²) in [6, 6.07) is 8.71. The Morgan fingerprint density at radius 2 is 2.00 bits per heavy atom. The van der Waals surface area contributed by atoms with Gasteiger partial charge in [0.2, 0.25) is 10.0 Å². The summed E-state index contributed by atoms with van der Waals surface area (Å²) >= 11 is 6.68. The first kappa shape index (κ1) is 15.3. The van der Waals surface area contributed by atoms with Gasteiger partial charge in [-0.3, -0.25) is 0 Å². The monoisotopic (exact) mass is 433 g/mol. The second kappa shape index (κ2) is 5.87. The van der Waals surface area contributed by atoms with Crippen molar-refractivity contribution in [3.63, 3.8) is 0 Å². The molecule has 1 aromatic heterocycles. The first-order valence-electron chi connectivity index (χ1n) is 6.48. The summed E-state index contributed by atoms with van der Waals surface area (Å²) in [6.07, 6.45) is 3.35. The Hall–Kier alpha value is -0.630. The van der Waals surface area contributed by atoms with Crippen LogP contribution in [-0.2, 0) is 16.6 Å². The minimum absolute atomic E-state index is 0.0654. The van der Waals surface area contributed by atoms with Crippen LogP contribution in [0.15, 0.2) is 54.9 Å². The molecule has 112 valence electrons. The summed E-state index contributed by atoms with van der Waals surface area (Å²) < 4.78 is 34.0. The van der Waals surface area contributed by atoms with Gasteiger partial charge in [0.15, 0.2) is 0 Å². The van der Waals surface area contributed by atoms with Crippen LogP contribution < -0.4 is 0 Å². The number of benzene rings is 1. The predicted molar refractivity (Wildman–Crippen MR) is 86.3 cm³/mol. The minimum atomic E-state index is -3.56. The van der Waals surface area contributed by atoms with Crippen LogP contribution in [0.1, 0.15) is 18.6 Å². The van der Waals surface area contributed by atoms with E-state index >= 15 is 0 Å². The fraction of sp³-hybridized carbons (Fsp3) is 0.286. The molecular formula is C14H13Br2NO3S. The van der Waals surface area contributed by atoms with Crippen LogP contribution in [0.3, 0.4) is 0 Å². The van der Waals surface area contributed by atoms with Crippen LogP contribution in [0.2, 0.25) is 0 Å². The zero-order valence-corrected chi connectivity index (χ0v) is 15.0. The van der Waals surface area contributed by atoms with Gasteiger partial charge >= 0.3 is 0 Å². The lowest BCUT2D eigenvalue weighted by molar-refractivity contribution is 0.356. The zero-order valence-electron chi connectivity index (χ0n) is 11.0. The Morgan fingerprint density at radius 3 is 2.57 bits per heavy atom. The number of furan rings is 1. The van der Waals surface area contributed by atoms with Gasteiger partial charge < -0.3 is 4.42 Å². The van der Waals surface area contributed by atoms with E-state index in [2.05, 4.69) is 31.9 Å². The van der Waals surface area contributed by atoms with Crippen LogP contribution in [0.5, 0.6) is 0 Å². The molecule has 0 saturated heterocycles. The lowest BCUT2D eigenvalue weighted by atomic mass is 10.4. The molecule has 0 amide bonds. The minimum Gasteiger partial charge on any atom is -0.468 e. The third-order valence-corrected chi connectivity index (χ3v) is 6.69. The molecule has 0 aliphatic heterocycles. The van der Waals surface area contributed by atoms with E-state index in [0.29, 0.717) is 10.2 Å². The molecule has 0 bridgehead atoms. The van der Waals surface area contributed by atoms with Gasteiger partial charge in [0, 0.05) is 15.0 Å². The fourth-order valence-electron chi connectivity index (χ4n) is 2.14. The summed E-state index contributed by atoms with van der Waals surface area (Å²) in [7, 11) is -3.56. The SMILES string of the molecule is O=S(=O)(c1ccc(Br)cc1Br)N(Cc1ccco1)C1CC1. The van der Waals surface area contributed by atoms with Crippen LogP contribution >= 0.6 is 31.9 Å². The quantitative estimate of drug-likeness (QED) is 0.709. The Morgan fingerprint density at radius 1 is 1.24 bits per heavy atom. The molecule has 0 atom stereocenters. The predicted octanol–water partition coefficient (Wildman–Crippen LogP) is 4.16. The first-order chi connectivity index (χ1) is 9.98. The van der Waals surface area contributed by atoms with Gasteiger partial charge in [0.05, 0.1) is 17.7 Å². The smallest absolute Gasteiger partial charge is 0.244 e. The molecule has 0 unspecified atom stereocenters. The summed E-state index contributed by atoms with van der Waals surface area (Å²) in [5.41, 5.74) is 0. The lowest BCUT2D eigenvalue weighted by Gasteiger charge is -2.21. The van der Waals surface area contributed by atoms with Crippen molar-refractivity contribution in [3.8, 4) is 0 Å². The van der Waals surface area contributed by atoms with E-state index in [-0.39, 0.29) is 17.5 Å². The van der Waals surface area contributed by atoms with Gasteiger partial charge in [-0.15, -0.1) is 0 Å². The molecule has 2 aromatic rings. The summed E-state index contributed by atoms with van der Waals surface area (Å²) in [6.45, 7) is 0.266. The Balaban J connectivity index is 1.97. The van der Waals surface area contributed by atoms with Gasteiger partial charge in [0.1, 0.15) is 5.76 Å². The average molecular weight is 435 g/mol. The third-order valence-electron chi connectivity index (χ3n) is 3.33. The van der Waals surface area contributed by atoms with Crippen molar-refractivity contribution in [1.29, 1.82) is 0 Å². The molecule has 1 aliphatic carbocycles. The number of nitrogens with zero attached hydrogens (tertiary/aromatic N) is 1. The van der Waals surface area contributed by atoms with Gasteiger partial charge in [-0.25, -0.2) is 8.42 Å². The number of hydrogen-bond acceptors (Lipinski definition) is 3. The highest BCUT2D eigenvalue weighted by Crippen LogP contribution is 2.36. The molecule has 7 heteroatoms. The van der Waals surface area contributed by atoms with Gasteiger partial charge in [-0.05, 0) is 59.1 Å². The Bertz CT molecular complexity index is 740. The van der Waals surface area contributed by atoms with E-state index in [4.69, 9.17) is 4.42 Å². The number of rotatable bonds is 5. The Kier molecular flexibility index (Phi) is 4.27. The standard InChI is InChI=1S/C14H13Br2NO3S/c15-10-3-6-14(13(16)8-10)21(18,19)17(11-4-5-11)9-12-2-1-7-20-12/h1-3,6-8,11H,4-5,9H2. The van der Waals surface area contributed by atoms with E-state index in [0.717, 1.165) is 17.3 Å². The normalized spacial score (nSPS) is 15.6. The number of halogens is 2. The lowest BCUT2D eigenvalue weighted by Crippen LogP contribution is -2.32. The molecule has 1 aromatic carbocycles. The van der Waals surface area contributed by atoms with Crippen LogP contribution in [0.25, 0.3) is 0 Å². The maximum atomic E-state index is 12.9. The Labute approximate surface area is 140 Å². The van der Waals surface area contributed by atoms with Crippen LogP contribution in [0, 0.1) is 0 Å². The number of hydrogen-bond donors (Lipinski definition) is 0. The van der Waals surface area contributed by atoms with Gasteiger partial charge in [-0.1, -0.05) is 15.9 Å². The maximum Gasteiger partial charge on any atom is 0.244 e. The van der Waals surface area contributed by atoms with E-state index in [9.17, 15) is 8.42 Å². The van der Waals surface area contributed by atoms with Gasteiger partial charge in [0.25, 0.3) is 0 Å². The van der Waals surface area contributed by atoms with E-state index < -0.39 is 10.0 Å². The average Bonchev–Trinajstić information content (AvgIpc) is 3.11. The largest absolute Gasteiger partial charge is 0.468 e. The van der Waals surface area contributed by atoms with Crippen molar-refractivity contribution in [3.05, 3.63) is 51.3 Å². The van der Waals surface area contributed by atoms with Crippen molar-refractivity contribution in [2.75, 3.05) is 0 Å². The second-order valence-electron chi connectivity index (χ2n) is 4.94. The van der Waals surface area contributed by atoms with E-state index in [1.165, 1.54) is 4.31 Å². The maximum absolute atomic E-state index is 12.9. The highest BCUT2D eigenvalue weighted by molar-refractivity contribution is 9.11. The summed E-state index contributed by atoms with van der Waals surface area (Å²) in [4.78, 5) is 0.282. The molecule has 1 saturated carbocycles. The number of sulfonamides is 1. The molecule has 1 heterocycles. The van der Waals surface area contributed by atoms with Crippen LogP contribution in [-0.4, -0.2) is 18.8 Å². The van der Waals surface area contributed by atoms with E-state index in [1.54, 1.807) is 36.6 Å². The van der Waals surface area contributed by atoms with Crippen LogP contribution in [0.4, 0.5) is 0 Å². The molecular weight excluding hydrogens is 422 g/mol. The topological polar surface area (TPSA) is 50.5 Å². The van der Waals surface area contributed by atoms with E-state index in [1.807, 2.05) is 0 Å². The molecule has 0 N–H and O–H groups in total. The molecule has 4 nitrogen and oxygen atoms in total. The van der Waals surface area contributed by atoms with Crippen molar-refractivity contribution in [2.45, 2.75) is 30.3 Å². The molecule has 1 fully saturated rings. The molecule has 1 aliphatic rings. The molecule has 3 rings (SSSR count). The fourth-order valence-corrected chi connectivity index (χ4v) is 5.50. The molecule has 0 spiro atoms. The highest BCUT2D eigenvalue weighted by atomic mass is 79.9. The van der Waals surface area contributed by atoms with Crippen molar-refractivity contribution in [2.24, 2.45) is 0 Å².